The van der Waals surface area contributed by atoms with E-state index in [1.165, 1.54) is 6.07 Å². The van der Waals surface area contributed by atoms with Crippen molar-refractivity contribution in [1.29, 1.82) is 5.26 Å². The Morgan fingerprint density at radius 1 is 1.39 bits per heavy atom. The van der Waals surface area contributed by atoms with E-state index in [2.05, 4.69) is 25.9 Å². The van der Waals surface area contributed by atoms with Gasteiger partial charge < -0.3 is 5.32 Å². The molecule has 2 rings (SSSR count). The number of nitriles is 1. The first-order chi connectivity index (χ1) is 10.8. The lowest BCUT2D eigenvalue weighted by molar-refractivity contribution is -0.137. The Balaban J connectivity index is 2.38. The van der Waals surface area contributed by atoms with Crippen molar-refractivity contribution in [1.82, 2.24) is 20.6 Å². The van der Waals surface area contributed by atoms with Gasteiger partial charge in [-0.1, -0.05) is 19.9 Å². The zero-order chi connectivity index (χ0) is 17.0. The van der Waals surface area contributed by atoms with Crippen molar-refractivity contribution in [3.63, 3.8) is 0 Å². The van der Waals surface area contributed by atoms with Gasteiger partial charge in [0, 0.05) is 6.20 Å². The quantitative estimate of drug-likeness (QED) is 0.843. The number of tetrazole rings is 1. The molecule has 0 bridgehead atoms. The number of nitrogens with one attached hydrogen (secondary N) is 2. The number of halogens is 3. The second-order valence-corrected chi connectivity index (χ2v) is 5.01. The SMILES string of the molecule is CC(C)c1ccc(NC=C(C#N)c2nn[nH]n2)c(C(F)(F)F)c1. The standard InChI is InChI=1S/C14H13F3N6/c1-8(2)9-3-4-12(11(5-9)14(15,16)17)19-7-10(6-18)13-20-22-23-21-13/h3-5,7-8,19H,1-2H3,(H,20,21,22,23). The van der Waals surface area contributed by atoms with Crippen molar-refractivity contribution >= 4 is 11.3 Å². The fraction of sp³-hybridized carbons (Fsp3) is 0.286. The number of hydrogen-bond donors (Lipinski definition) is 2. The van der Waals surface area contributed by atoms with E-state index in [9.17, 15) is 13.2 Å². The van der Waals surface area contributed by atoms with Crippen LogP contribution < -0.4 is 5.32 Å². The lowest BCUT2D eigenvalue weighted by Gasteiger charge is -2.16. The van der Waals surface area contributed by atoms with E-state index in [-0.39, 0.29) is 23.0 Å². The molecular formula is C14H13F3N6. The van der Waals surface area contributed by atoms with Crippen molar-refractivity contribution in [2.24, 2.45) is 0 Å². The molecule has 0 radical (unpaired) electrons. The van der Waals surface area contributed by atoms with Gasteiger partial charge >= 0.3 is 6.18 Å². The maximum absolute atomic E-state index is 13.2. The number of hydrogen-bond acceptors (Lipinski definition) is 5. The van der Waals surface area contributed by atoms with Gasteiger partial charge in [-0.2, -0.15) is 23.6 Å². The predicted molar refractivity (Wildman–Crippen MR) is 76.9 cm³/mol. The van der Waals surface area contributed by atoms with E-state index in [0.29, 0.717) is 5.56 Å². The predicted octanol–water partition coefficient (Wildman–Crippen LogP) is 3.32. The van der Waals surface area contributed by atoms with Crippen molar-refractivity contribution in [2.75, 3.05) is 5.32 Å². The van der Waals surface area contributed by atoms with Gasteiger partial charge in [-0.3, -0.25) is 0 Å². The van der Waals surface area contributed by atoms with E-state index in [1.54, 1.807) is 12.1 Å². The van der Waals surface area contributed by atoms with Crippen molar-refractivity contribution in [3.8, 4) is 6.07 Å². The Hall–Kier alpha value is -2.89. The van der Waals surface area contributed by atoms with Gasteiger partial charge in [-0.15, -0.1) is 10.2 Å². The molecule has 2 aromatic rings. The molecule has 0 spiro atoms. The summed E-state index contributed by atoms with van der Waals surface area (Å²) in [6.07, 6.45) is -3.40. The second kappa shape index (κ2) is 6.48. The number of H-pyrrole nitrogens is 1. The lowest BCUT2D eigenvalue weighted by atomic mass is 9.99. The Morgan fingerprint density at radius 2 is 2.13 bits per heavy atom. The van der Waals surface area contributed by atoms with Crippen molar-refractivity contribution in [2.45, 2.75) is 25.9 Å². The number of aromatic nitrogens is 4. The molecule has 1 aromatic heterocycles. The summed E-state index contributed by atoms with van der Waals surface area (Å²) in [5.74, 6) is -0.0398. The van der Waals surface area contributed by atoms with E-state index >= 15 is 0 Å². The molecule has 6 nitrogen and oxygen atoms in total. The highest BCUT2D eigenvalue weighted by Crippen LogP contribution is 2.36. The van der Waals surface area contributed by atoms with Crippen LogP contribution in [0.4, 0.5) is 18.9 Å². The third-order valence-electron chi connectivity index (χ3n) is 3.09. The summed E-state index contributed by atoms with van der Waals surface area (Å²) >= 11 is 0. The van der Waals surface area contributed by atoms with E-state index in [4.69, 9.17) is 5.26 Å². The maximum atomic E-state index is 13.2. The van der Waals surface area contributed by atoms with Crippen LogP contribution in [0.3, 0.4) is 0 Å². The van der Waals surface area contributed by atoms with Crippen molar-refractivity contribution < 1.29 is 13.2 Å². The number of benzene rings is 1. The topological polar surface area (TPSA) is 90.3 Å². The van der Waals surface area contributed by atoms with Gasteiger partial charge in [0.05, 0.1) is 11.3 Å². The molecule has 1 heterocycles. The molecule has 0 atom stereocenters. The minimum Gasteiger partial charge on any atom is -0.360 e. The largest absolute Gasteiger partial charge is 0.418 e. The van der Waals surface area contributed by atoms with Crippen molar-refractivity contribution in [3.05, 3.63) is 41.4 Å². The summed E-state index contributed by atoms with van der Waals surface area (Å²) in [7, 11) is 0. The molecule has 2 N–H and O–H groups in total. The first-order valence-corrected chi connectivity index (χ1v) is 6.64. The molecular weight excluding hydrogens is 309 g/mol. The first kappa shape index (κ1) is 16.5. The Labute approximate surface area is 130 Å². The molecule has 0 aliphatic heterocycles. The van der Waals surface area contributed by atoms with Crippen LogP contribution in [-0.2, 0) is 6.18 Å². The Kier molecular flexibility index (Phi) is 4.64. The highest BCUT2D eigenvalue weighted by atomic mass is 19.4. The van der Waals surface area contributed by atoms with E-state index in [1.807, 2.05) is 13.8 Å². The number of alkyl halides is 3. The normalized spacial score (nSPS) is 12.3. The first-order valence-electron chi connectivity index (χ1n) is 6.64. The van der Waals surface area contributed by atoms with Crippen LogP contribution in [0.5, 0.6) is 0 Å². The van der Waals surface area contributed by atoms with Crippen LogP contribution in [0.2, 0.25) is 0 Å². The molecule has 120 valence electrons. The number of rotatable bonds is 4. The molecule has 0 aliphatic carbocycles. The van der Waals surface area contributed by atoms with Crippen LogP contribution >= 0.6 is 0 Å². The Morgan fingerprint density at radius 3 is 2.65 bits per heavy atom. The molecule has 0 fully saturated rings. The smallest absolute Gasteiger partial charge is 0.360 e. The molecule has 1 aromatic carbocycles. The highest BCUT2D eigenvalue weighted by Gasteiger charge is 2.33. The fourth-order valence-electron chi connectivity index (χ4n) is 1.85. The zero-order valence-electron chi connectivity index (χ0n) is 12.3. The van der Waals surface area contributed by atoms with Gasteiger partial charge in [0.15, 0.2) is 0 Å². The van der Waals surface area contributed by atoms with Gasteiger partial charge in [-0.25, -0.2) is 0 Å². The van der Waals surface area contributed by atoms with Crippen LogP contribution in [0, 0.1) is 11.3 Å². The zero-order valence-corrected chi connectivity index (χ0v) is 12.3. The molecule has 0 unspecified atom stereocenters. The fourth-order valence-corrected chi connectivity index (χ4v) is 1.85. The molecule has 0 saturated heterocycles. The summed E-state index contributed by atoms with van der Waals surface area (Å²) in [6, 6.07) is 5.83. The van der Waals surface area contributed by atoms with Gasteiger partial charge in [-0.05, 0) is 28.8 Å². The van der Waals surface area contributed by atoms with Gasteiger partial charge in [0.2, 0.25) is 5.82 Å². The molecule has 0 aliphatic rings. The average molecular weight is 322 g/mol. The van der Waals surface area contributed by atoms with Crippen LogP contribution in [0.15, 0.2) is 24.4 Å². The second-order valence-electron chi connectivity index (χ2n) is 5.01. The van der Waals surface area contributed by atoms with Gasteiger partial charge in [0.1, 0.15) is 11.6 Å². The maximum Gasteiger partial charge on any atom is 0.418 e. The third-order valence-corrected chi connectivity index (χ3v) is 3.09. The summed E-state index contributed by atoms with van der Waals surface area (Å²) < 4.78 is 39.6. The van der Waals surface area contributed by atoms with E-state index < -0.39 is 11.7 Å². The van der Waals surface area contributed by atoms with Crippen LogP contribution in [0.25, 0.3) is 5.57 Å². The number of allylic oxidation sites excluding steroid dienone is 1. The molecule has 0 saturated carbocycles. The number of nitrogens with zero attached hydrogens (tertiary/aromatic N) is 4. The minimum absolute atomic E-state index is 0.00707. The van der Waals surface area contributed by atoms with E-state index in [0.717, 1.165) is 12.3 Å². The summed E-state index contributed by atoms with van der Waals surface area (Å²) in [5, 5.41) is 24.2. The monoisotopic (exact) mass is 322 g/mol. The summed E-state index contributed by atoms with van der Waals surface area (Å²) in [5.41, 5.74) is -0.422. The molecule has 0 amide bonds. The third kappa shape index (κ3) is 3.85. The summed E-state index contributed by atoms with van der Waals surface area (Å²) in [6.45, 7) is 3.62. The summed E-state index contributed by atoms with van der Waals surface area (Å²) in [4.78, 5) is 0. The highest BCUT2D eigenvalue weighted by molar-refractivity contribution is 5.74. The molecule has 9 heteroatoms. The minimum atomic E-state index is -4.51. The van der Waals surface area contributed by atoms with Gasteiger partial charge in [0.25, 0.3) is 0 Å². The molecule has 23 heavy (non-hydrogen) atoms. The lowest BCUT2D eigenvalue weighted by Crippen LogP contribution is -2.10. The Bertz CT molecular complexity index is 741. The van der Waals surface area contributed by atoms with Crippen LogP contribution in [-0.4, -0.2) is 20.6 Å². The number of aromatic amines is 1. The average Bonchev–Trinajstić information content (AvgIpc) is 3.01. The number of anilines is 1. The van der Waals surface area contributed by atoms with Crippen LogP contribution in [0.1, 0.15) is 36.7 Å².